The van der Waals surface area contributed by atoms with Gasteiger partial charge in [0.05, 0.1) is 23.3 Å². The van der Waals surface area contributed by atoms with Gasteiger partial charge in [-0.05, 0) is 50.3 Å². The van der Waals surface area contributed by atoms with Gasteiger partial charge >= 0.3 is 0 Å². The van der Waals surface area contributed by atoms with E-state index in [9.17, 15) is 24.0 Å². The topological polar surface area (TPSA) is 159 Å². The van der Waals surface area contributed by atoms with Crippen LogP contribution in [0.1, 0.15) is 81.3 Å². The number of ketones is 1. The molecular weight excluding hydrogens is 572 g/mol. The number of Topliss-reactive ketones (excluding diaryl/α,β-unsaturated/α-hetero) is 1. The van der Waals surface area contributed by atoms with Gasteiger partial charge in [0, 0.05) is 19.0 Å². The predicted molar refractivity (Wildman–Crippen MR) is 170 cm³/mol. The molecule has 2 atom stereocenters. The molecule has 4 amide bonds. The average Bonchev–Trinajstić information content (AvgIpc) is 3.05. The Kier molecular flexibility index (Phi) is 12.1. The summed E-state index contributed by atoms with van der Waals surface area (Å²) in [6.07, 6.45) is 6.63. The van der Waals surface area contributed by atoms with Gasteiger partial charge in [0.1, 0.15) is 11.7 Å². The molecule has 1 heterocycles. The van der Waals surface area contributed by atoms with Gasteiger partial charge in [0.25, 0.3) is 11.8 Å². The first-order valence-electron chi connectivity index (χ1n) is 15.7. The lowest BCUT2D eigenvalue weighted by atomic mass is 9.84. The van der Waals surface area contributed by atoms with Crippen LogP contribution in [0, 0.1) is 5.92 Å². The van der Waals surface area contributed by atoms with Crippen LogP contribution < -0.4 is 21.3 Å². The summed E-state index contributed by atoms with van der Waals surface area (Å²) < 4.78 is 0. The Bertz CT molecular complexity index is 1490. The van der Waals surface area contributed by atoms with Crippen LogP contribution in [0.15, 0.2) is 60.8 Å². The van der Waals surface area contributed by atoms with Crippen LogP contribution in [0.2, 0.25) is 0 Å². The van der Waals surface area contributed by atoms with E-state index in [0.29, 0.717) is 17.5 Å². The van der Waals surface area contributed by atoms with Crippen molar-refractivity contribution in [1.82, 2.24) is 31.2 Å². The molecule has 4 N–H and O–H groups in total. The van der Waals surface area contributed by atoms with Gasteiger partial charge in [-0.1, -0.05) is 74.6 Å². The highest BCUT2D eigenvalue weighted by atomic mass is 16.2. The molecule has 4 rings (SSSR count). The summed E-state index contributed by atoms with van der Waals surface area (Å²) >= 11 is 0. The van der Waals surface area contributed by atoms with Gasteiger partial charge in [-0.25, -0.2) is 4.98 Å². The summed E-state index contributed by atoms with van der Waals surface area (Å²) in [4.78, 5) is 74.5. The number of carbonyl (C=O) groups excluding carboxylic acids is 5. The molecule has 0 aliphatic heterocycles. The zero-order valence-corrected chi connectivity index (χ0v) is 25.9. The number of amides is 4. The summed E-state index contributed by atoms with van der Waals surface area (Å²) in [7, 11) is 0. The maximum Gasteiger partial charge on any atom is 0.289 e. The van der Waals surface area contributed by atoms with Crippen LogP contribution in [-0.2, 0) is 25.7 Å². The maximum atomic E-state index is 13.8. The van der Waals surface area contributed by atoms with Crippen LogP contribution >= 0.6 is 0 Å². The minimum atomic E-state index is -1.27. The van der Waals surface area contributed by atoms with Crippen molar-refractivity contribution in [2.45, 2.75) is 89.9 Å². The third-order valence-electron chi connectivity index (χ3n) is 7.86. The number of fused-ring (bicyclic) bond motifs is 1. The van der Waals surface area contributed by atoms with Crippen molar-refractivity contribution in [2.24, 2.45) is 5.92 Å². The van der Waals surface area contributed by atoms with E-state index in [0.717, 1.165) is 37.7 Å². The number of rotatable bonds is 14. The van der Waals surface area contributed by atoms with Gasteiger partial charge in [-0.2, -0.15) is 0 Å². The van der Waals surface area contributed by atoms with Crippen molar-refractivity contribution < 1.29 is 24.0 Å². The zero-order valence-electron chi connectivity index (χ0n) is 25.9. The Labute approximate surface area is 263 Å². The Morgan fingerprint density at radius 3 is 2.22 bits per heavy atom. The van der Waals surface area contributed by atoms with E-state index < -0.39 is 35.6 Å². The molecule has 0 spiro atoms. The van der Waals surface area contributed by atoms with Crippen molar-refractivity contribution in [3.05, 3.63) is 72.1 Å². The number of aromatic nitrogens is 2. The molecule has 3 aromatic rings. The minimum Gasteiger partial charge on any atom is -0.354 e. The third-order valence-corrected chi connectivity index (χ3v) is 7.86. The zero-order chi connectivity index (χ0) is 32.2. The molecule has 0 bridgehead atoms. The Hall–Kier alpha value is -4.67. The van der Waals surface area contributed by atoms with Crippen molar-refractivity contribution >= 4 is 40.4 Å². The first-order chi connectivity index (χ1) is 21.7. The summed E-state index contributed by atoms with van der Waals surface area (Å²) in [5, 5.41) is 10.9. The van der Waals surface area contributed by atoms with E-state index in [2.05, 4.69) is 31.2 Å². The molecule has 11 nitrogen and oxygen atoms in total. The van der Waals surface area contributed by atoms with Crippen LogP contribution in [0.5, 0.6) is 0 Å². The normalized spacial score (nSPS) is 14.7. The van der Waals surface area contributed by atoms with E-state index in [4.69, 9.17) is 0 Å². The van der Waals surface area contributed by atoms with E-state index in [1.165, 1.54) is 6.20 Å². The van der Waals surface area contributed by atoms with Gasteiger partial charge in [0.2, 0.25) is 17.6 Å². The second-order valence-electron chi connectivity index (χ2n) is 11.9. The molecule has 2 aromatic carbocycles. The number of hydrogen-bond donors (Lipinski definition) is 4. The highest BCUT2D eigenvalue weighted by Gasteiger charge is 2.32. The number of para-hydroxylation sites is 2. The summed E-state index contributed by atoms with van der Waals surface area (Å²) in [5.41, 5.74) is 2.06. The summed E-state index contributed by atoms with van der Waals surface area (Å²) in [6.45, 7) is 3.77. The van der Waals surface area contributed by atoms with Gasteiger partial charge < -0.3 is 21.3 Å². The van der Waals surface area contributed by atoms with Gasteiger partial charge in [0.15, 0.2) is 0 Å². The molecule has 238 valence electrons. The first kappa shape index (κ1) is 33.2. The molecule has 45 heavy (non-hydrogen) atoms. The summed E-state index contributed by atoms with van der Waals surface area (Å²) in [5.74, 6) is -2.99. The monoisotopic (exact) mass is 614 g/mol. The lowest BCUT2D eigenvalue weighted by Crippen LogP contribution is -2.54. The number of benzene rings is 2. The molecule has 1 saturated carbocycles. The molecule has 1 aromatic heterocycles. The molecule has 0 saturated heterocycles. The molecule has 11 heteroatoms. The average molecular weight is 615 g/mol. The SMILES string of the molecule is CC(C)NC(=O)CCC(NC(=O)[C@H](CC1CCCCC1)NC(=O)c1cnc2ccccc2n1)C(=O)C(=O)NCc1ccccc1. The van der Waals surface area contributed by atoms with E-state index in [1.807, 2.05) is 50.2 Å². The van der Waals surface area contributed by atoms with E-state index in [1.54, 1.807) is 18.2 Å². The largest absolute Gasteiger partial charge is 0.354 e. The lowest BCUT2D eigenvalue weighted by molar-refractivity contribution is -0.140. The van der Waals surface area contributed by atoms with E-state index in [-0.39, 0.29) is 42.9 Å². The van der Waals surface area contributed by atoms with Crippen LogP contribution in [0.3, 0.4) is 0 Å². The standard InChI is InChI=1S/C34H42N6O5/c1-22(2)37-30(41)18-17-27(31(42)34(45)36-20-24-13-7-4-8-14-24)39-32(43)28(19-23-11-5-3-6-12-23)40-33(44)29-21-35-25-15-9-10-16-26(25)38-29/h4,7-10,13-16,21-23,27-28H,3,5-6,11-12,17-20H2,1-2H3,(H,36,45)(H,37,41)(H,39,43)(H,40,44)/t27?,28-/m0/s1. The number of carbonyl (C=O) groups is 5. The van der Waals surface area contributed by atoms with Crippen molar-refractivity contribution in [2.75, 3.05) is 0 Å². The molecular formula is C34H42N6O5. The van der Waals surface area contributed by atoms with Crippen LogP contribution in [0.4, 0.5) is 0 Å². The van der Waals surface area contributed by atoms with Crippen molar-refractivity contribution in [1.29, 1.82) is 0 Å². The fourth-order valence-electron chi connectivity index (χ4n) is 5.52. The number of hydrogen-bond acceptors (Lipinski definition) is 7. The van der Waals surface area contributed by atoms with Crippen LogP contribution in [0.25, 0.3) is 11.0 Å². The Morgan fingerprint density at radius 1 is 0.822 bits per heavy atom. The lowest BCUT2D eigenvalue weighted by Gasteiger charge is -2.28. The molecule has 1 aliphatic carbocycles. The first-order valence-corrected chi connectivity index (χ1v) is 15.7. The molecule has 1 unspecified atom stereocenters. The second kappa shape index (κ2) is 16.4. The maximum absolute atomic E-state index is 13.8. The smallest absolute Gasteiger partial charge is 0.289 e. The van der Waals surface area contributed by atoms with Crippen molar-refractivity contribution in [3.63, 3.8) is 0 Å². The van der Waals surface area contributed by atoms with Gasteiger partial charge in [-0.3, -0.25) is 29.0 Å². The highest BCUT2D eigenvalue weighted by Crippen LogP contribution is 2.27. The third kappa shape index (κ3) is 10.2. The molecule has 0 radical (unpaired) electrons. The predicted octanol–water partition coefficient (Wildman–Crippen LogP) is 3.37. The quantitative estimate of drug-likeness (QED) is 0.203. The summed E-state index contributed by atoms with van der Waals surface area (Å²) in [6, 6.07) is 13.9. The van der Waals surface area contributed by atoms with Crippen LogP contribution in [-0.4, -0.2) is 57.5 Å². The molecule has 1 fully saturated rings. The number of nitrogens with zero attached hydrogens (tertiary/aromatic N) is 2. The van der Waals surface area contributed by atoms with E-state index >= 15 is 0 Å². The Morgan fingerprint density at radius 2 is 1.51 bits per heavy atom. The highest BCUT2D eigenvalue weighted by molar-refractivity contribution is 6.38. The fourth-order valence-corrected chi connectivity index (χ4v) is 5.52. The Balaban J connectivity index is 1.50. The fraction of sp³-hybridized carbons (Fsp3) is 0.441. The number of nitrogens with one attached hydrogen (secondary N) is 4. The minimum absolute atomic E-state index is 0.0633. The van der Waals surface area contributed by atoms with Gasteiger partial charge in [-0.15, -0.1) is 0 Å². The van der Waals surface area contributed by atoms with Crippen molar-refractivity contribution in [3.8, 4) is 0 Å². The second-order valence-corrected chi connectivity index (χ2v) is 11.9. The molecule has 1 aliphatic rings.